The highest BCUT2D eigenvalue weighted by Gasteiger charge is 2.24. The first kappa shape index (κ1) is 19.0. The maximum atomic E-state index is 13.4. The van der Waals surface area contributed by atoms with Crippen molar-refractivity contribution in [1.82, 2.24) is 4.90 Å². The van der Waals surface area contributed by atoms with Crippen molar-refractivity contribution in [2.24, 2.45) is 0 Å². The summed E-state index contributed by atoms with van der Waals surface area (Å²) in [7, 11) is 1.67. The summed E-state index contributed by atoms with van der Waals surface area (Å²) in [6, 6.07) is 20.4. The van der Waals surface area contributed by atoms with Gasteiger partial charge in [-0.2, -0.15) is 0 Å². The van der Waals surface area contributed by atoms with E-state index in [0.717, 1.165) is 27.6 Å². The molecule has 0 fully saturated rings. The van der Waals surface area contributed by atoms with E-state index >= 15 is 0 Å². The molecule has 0 bridgehead atoms. The zero-order valence-electron chi connectivity index (χ0n) is 16.7. The summed E-state index contributed by atoms with van der Waals surface area (Å²) in [5.41, 5.74) is 2.54. The maximum Gasteiger partial charge on any atom is 0.254 e. The van der Waals surface area contributed by atoms with Crippen molar-refractivity contribution in [2.45, 2.75) is 39.8 Å². The Morgan fingerprint density at radius 2 is 1.37 bits per heavy atom. The summed E-state index contributed by atoms with van der Waals surface area (Å²) >= 11 is 0. The van der Waals surface area contributed by atoms with Crippen LogP contribution in [0.2, 0.25) is 0 Å². The Hall–Kier alpha value is -2.81. The van der Waals surface area contributed by atoms with Gasteiger partial charge in [0, 0.05) is 23.2 Å². The first-order valence-electron chi connectivity index (χ1n) is 9.43. The van der Waals surface area contributed by atoms with Gasteiger partial charge in [-0.3, -0.25) is 4.79 Å². The Bertz CT molecular complexity index is 952. The topological polar surface area (TPSA) is 29.5 Å². The van der Waals surface area contributed by atoms with E-state index in [4.69, 9.17) is 4.74 Å². The van der Waals surface area contributed by atoms with Crippen LogP contribution in [0, 0.1) is 0 Å². The summed E-state index contributed by atoms with van der Waals surface area (Å²) in [6.07, 6.45) is 0. The number of methoxy groups -OCH3 is 1. The highest BCUT2D eigenvalue weighted by molar-refractivity contribution is 6.03. The molecule has 3 aromatic rings. The highest BCUT2D eigenvalue weighted by Crippen LogP contribution is 2.36. The SMILES string of the molecule is COc1cc2ccccc2cc1-c1ccccc1C(=O)N(C(C)C)C(C)C. The zero-order chi connectivity index (χ0) is 19.6. The minimum Gasteiger partial charge on any atom is -0.496 e. The number of ether oxygens (including phenoxy) is 1. The Morgan fingerprint density at radius 3 is 1.96 bits per heavy atom. The smallest absolute Gasteiger partial charge is 0.254 e. The fourth-order valence-electron chi connectivity index (χ4n) is 3.71. The van der Waals surface area contributed by atoms with Crippen molar-refractivity contribution in [3.8, 4) is 16.9 Å². The first-order valence-corrected chi connectivity index (χ1v) is 9.43. The summed E-state index contributed by atoms with van der Waals surface area (Å²) in [6.45, 7) is 8.21. The Balaban J connectivity index is 2.19. The van der Waals surface area contributed by atoms with Crippen molar-refractivity contribution in [3.63, 3.8) is 0 Å². The molecule has 0 aliphatic carbocycles. The number of amides is 1. The molecule has 3 rings (SSSR count). The number of hydrogen-bond donors (Lipinski definition) is 0. The predicted molar refractivity (Wildman–Crippen MR) is 112 cm³/mol. The largest absolute Gasteiger partial charge is 0.496 e. The minimum absolute atomic E-state index is 0.0470. The third-order valence-electron chi connectivity index (χ3n) is 4.86. The van der Waals surface area contributed by atoms with Crippen LogP contribution in [0.5, 0.6) is 5.75 Å². The predicted octanol–water partition coefficient (Wildman–Crippen LogP) is 5.77. The average Bonchev–Trinajstić information content (AvgIpc) is 2.66. The van der Waals surface area contributed by atoms with Gasteiger partial charge in [0.2, 0.25) is 0 Å². The van der Waals surface area contributed by atoms with Gasteiger partial charge in [0.1, 0.15) is 5.75 Å². The summed E-state index contributed by atoms with van der Waals surface area (Å²) in [5.74, 6) is 0.820. The molecule has 0 unspecified atom stereocenters. The lowest BCUT2D eigenvalue weighted by atomic mass is 9.95. The van der Waals surface area contributed by atoms with E-state index in [1.54, 1.807) is 7.11 Å². The van der Waals surface area contributed by atoms with Gasteiger partial charge in [-0.15, -0.1) is 0 Å². The average molecular weight is 361 g/mol. The maximum absolute atomic E-state index is 13.4. The molecule has 0 heterocycles. The van der Waals surface area contributed by atoms with E-state index in [1.165, 1.54) is 0 Å². The molecule has 3 aromatic carbocycles. The van der Waals surface area contributed by atoms with Gasteiger partial charge in [-0.1, -0.05) is 42.5 Å². The van der Waals surface area contributed by atoms with Crippen LogP contribution in [-0.2, 0) is 0 Å². The standard InChI is InChI=1S/C24H27NO2/c1-16(2)25(17(3)4)24(26)21-13-9-8-12-20(21)22-14-18-10-6-7-11-19(18)15-23(22)27-5/h6-17H,1-5H3. The number of fused-ring (bicyclic) bond motifs is 1. The van der Waals surface area contributed by atoms with E-state index in [0.29, 0.717) is 5.56 Å². The Labute approximate surface area is 161 Å². The van der Waals surface area contributed by atoms with Crippen LogP contribution in [0.3, 0.4) is 0 Å². The summed E-state index contributed by atoms with van der Waals surface area (Å²) in [5, 5.41) is 2.24. The molecule has 0 saturated carbocycles. The number of hydrogen-bond acceptors (Lipinski definition) is 2. The van der Waals surface area contributed by atoms with E-state index in [9.17, 15) is 4.79 Å². The second kappa shape index (κ2) is 7.83. The van der Waals surface area contributed by atoms with Crippen LogP contribution < -0.4 is 4.74 Å². The summed E-state index contributed by atoms with van der Waals surface area (Å²) < 4.78 is 5.67. The van der Waals surface area contributed by atoms with Crippen LogP contribution in [0.25, 0.3) is 21.9 Å². The van der Waals surface area contributed by atoms with Gasteiger partial charge >= 0.3 is 0 Å². The van der Waals surface area contributed by atoms with Gasteiger partial charge in [-0.05, 0) is 62.2 Å². The second-order valence-electron chi connectivity index (χ2n) is 7.35. The third kappa shape index (κ3) is 3.68. The number of nitrogens with zero attached hydrogens (tertiary/aromatic N) is 1. The van der Waals surface area contributed by atoms with Crippen molar-refractivity contribution in [2.75, 3.05) is 7.11 Å². The number of carbonyl (C=O) groups excluding carboxylic acids is 1. The van der Waals surface area contributed by atoms with Crippen LogP contribution in [0.15, 0.2) is 60.7 Å². The molecule has 0 aromatic heterocycles. The van der Waals surface area contributed by atoms with Crippen molar-refractivity contribution >= 4 is 16.7 Å². The van der Waals surface area contributed by atoms with Crippen LogP contribution >= 0.6 is 0 Å². The molecule has 0 N–H and O–H groups in total. The van der Waals surface area contributed by atoms with Crippen LogP contribution in [0.1, 0.15) is 38.1 Å². The molecule has 0 saturated heterocycles. The molecule has 3 nitrogen and oxygen atoms in total. The lowest BCUT2D eigenvalue weighted by molar-refractivity contribution is 0.0644. The van der Waals surface area contributed by atoms with Gasteiger partial charge in [0.25, 0.3) is 5.91 Å². The second-order valence-corrected chi connectivity index (χ2v) is 7.35. The fourth-order valence-corrected chi connectivity index (χ4v) is 3.71. The van der Waals surface area contributed by atoms with E-state index in [2.05, 4.69) is 45.9 Å². The van der Waals surface area contributed by atoms with Gasteiger partial charge in [0.15, 0.2) is 0 Å². The van der Waals surface area contributed by atoms with E-state index in [-0.39, 0.29) is 18.0 Å². The molecule has 140 valence electrons. The van der Waals surface area contributed by atoms with Crippen molar-refractivity contribution < 1.29 is 9.53 Å². The van der Waals surface area contributed by atoms with Crippen LogP contribution in [0.4, 0.5) is 0 Å². The lowest BCUT2D eigenvalue weighted by Gasteiger charge is -2.31. The number of carbonyl (C=O) groups is 1. The first-order chi connectivity index (χ1) is 12.9. The monoisotopic (exact) mass is 361 g/mol. The normalized spacial score (nSPS) is 11.2. The molecule has 0 atom stereocenters. The molecule has 0 spiro atoms. The van der Waals surface area contributed by atoms with Gasteiger partial charge in [0.05, 0.1) is 7.11 Å². The molecular formula is C24H27NO2. The number of rotatable bonds is 5. The number of benzene rings is 3. The molecular weight excluding hydrogens is 334 g/mol. The third-order valence-corrected chi connectivity index (χ3v) is 4.86. The Morgan fingerprint density at radius 1 is 0.815 bits per heavy atom. The van der Waals surface area contributed by atoms with E-state index < -0.39 is 0 Å². The Kier molecular flexibility index (Phi) is 5.50. The van der Waals surface area contributed by atoms with Crippen molar-refractivity contribution in [3.05, 3.63) is 66.2 Å². The zero-order valence-corrected chi connectivity index (χ0v) is 16.7. The lowest BCUT2D eigenvalue weighted by Crippen LogP contribution is -2.42. The van der Waals surface area contributed by atoms with Crippen LogP contribution in [-0.4, -0.2) is 30.0 Å². The van der Waals surface area contributed by atoms with Crippen molar-refractivity contribution in [1.29, 1.82) is 0 Å². The van der Waals surface area contributed by atoms with Gasteiger partial charge < -0.3 is 9.64 Å². The molecule has 3 heteroatoms. The van der Waals surface area contributed by atoms with E-state index in [1.807, 2.05) is 47.4 Å². The summed E-state index contributed by atoms with van der Waals surface area (Å²) in [4.78, 5) is 15.3. The fraction of sp³-hybridized carbons (Fsp3) is 0.292. The molecule has 27 heavy (non-hydrogen) atoms. The molecule has 0 radical (unpaired) electrons. The molecule has 1 amide bonds. The highest BCUT2D eigenvalue weighted by atomic mass is 16.5. The quantitative estimate of drug-likeness (QED) is 0.577. The molecule has 0 aliphatic heterocycles. The molecule has 0 aliphatic rings. The minimum atomic E-state index is 0.0470. The van der Waals surface area contributed by atoms with Gasteiger partial charge in [-0.25, -0.2) is 0 Å².